The number of benzene rings is 1. The van der Waals surface area contributed by atoms with Gasteiger partial charge < -0.3 is 16.0 Å². The Labute approximate surface area is 125 Å². The number of hydrogen-bond acceptors (Lipinski definition) is 3. The molecule has 5 nitrogen and oxygen atoms in total. The van der Waals surface area contributed by atoms with Crippen LogP contribution in [0.25, 0.3) is 0 Å². The zero-order chi connectivity index (χ0) is 15.1. The fraction of sp³-hybridized carbons (Fsp3) is 0.500. The van der Waals surface area contributed by atoms with Crippen molar-refractivity contribution < 1.29 is 9.59 Å². The minimum atomic E-state index is -0.0863. The first kappa shape index (κ1) is 15.5. The van der Waals surface area contributed by atoms with Crippen molar-refractivity contribution in [3.63, 3.8) is 0 Å². The van der Waals surface area contributed by atoms with Gasteiger partial charge in [-0.15, -0.1) is 0 Å². The summed E-state index contributed by atoms with van der Waals surface area (Å²) in [5, 5.41) is 8.77. The Morgan fingerprint density at radius 3 is 2.76 bits per heavy atom. The maximum Gasteiger partial charge on any atom is 0.251 e. The third kappa shape index (κ3) is 5.55. The van der Waals surface area contributed by atoms with Crippen LogP contribution in [0.3, 0.4) is 0 Å². The molecule has 1 aromatic rings. The monoisotopic (exact) mass is 289 g/mol. The minimum Gasteiger partial charge on any atom is -0.352 e. The van der Waals surface area contributed by atoms with E-state index in [9.17, 15) is 9.59 Å². The van der Waals surface area contributed by atoms with Crippen molar-refractivity contribution in [2.45, 2.75) is 26.3 Å². The molecule has 114 valence electrons. The lowest BCUT2D eigenvalue weighted by Crippen LogP contribution is -2.34. The molecule has 1 aliphatic rings. The molecule has 0 heterocycles. The van der Waals surface area contributed by atoms with Gasteiger partial charge in [0.05, 0.1) is 6.54 Å². The molecule has 0 saturated heterocycles. The molecule has 0 atom stereocenters. The highest BCUT2D eigenvalue weighted by Gasteiger charge is 2.20. The van der Waals surface area contributed by atoms with Gasteiger partial charge in [-0.3, -0.25) is 9.59 Å². The lowest BCUT2D eigenvalue weighted by atomic mass is 10.1. The molecule has 1 aliphatic carbocycles. The Kier molecular flexibility index (Phi) is 5.75. The van der Waals surface area contributed by atoms with Crippen LogP contribution in [-0.2, 0) is 11.3 Å². The van der Waals surface area contributed by atoms with Gasteiger partial charge in [0, 0.05) is 18.7 Å². The number of rotatable bonds is 8. The second-order valence-corrected chi connectivity index (χ2v) is 5.41. The van der Waals surface area contributed by atoms with Gasteiger partial charge in [-0.05, 0) is 49.9 Å². The molecule has 1 saturated carbocycles. The quantitative estimate of drug-likeness (QED) is 0.670. The molecule has 1 aromatic carbocycles. The number of amides is 2. The lowest BCUT2D eigenvalue weighted by molar-refractivity contribution is -0.120. The summed E-state index contributed by atoms with van der Waals surface area (Å²) in [7, 11) is 0. The van der Waals surface area contributed by atoms with E-state index in [1.807, 2.05) is 25.1 Å². The molecule has 1 fully saturated rings. The molecule has 3 N–H and O–H groups in total. The Morgan fingerprint density at radius 2 is 2.05 bits per heavy atom. The summed E-state index contributed by atoms with van der Waals surface area (Å²) in [5.41, 5.74) is 1.55. The molecule has 2 amide bonds. The van der Waals surface area contributed by atoms with Crippen LogP contribution in [0.4, 0.5) is 0 Å². The predicted molar refractivity (Wildman–Crippen MR) is 81.9 cm³/mol. The number of carbonyl (C=O) groups excluding carboxylic acids is 2. The average molecular weight is 289 g/mol. The van der Waals surface area contributed by atoms with E-state index in [2.05, 4.69) is 16.0 Å². The van der Waals surface area contributed by atoms with Crippen molar-refractivity contribution in [2.24, 2.45) is 5.92 Å². The third-order valence-corrected chi connectivity index (χ3v) is 3.43. The molecular weight excluding hydrogens is 266 g/mol. The summed E-state index contributed by atoms with van der Waals surface area (Å²) in [6, 6.07) is 7.31. The van der Waals surface area contributed by atoms with Gasteiger partial charge in [0.25, 0.3) is 5.91 Å². The van der Waals surface area contributed by atoms with Crippen molar-refractivity contribution in [3.8, 4) is 0 Å². The molecule has 5 heteroatoms. The summed E-state index contributed by atoms with van der Waals surface area (Å²) in [4.78, 5) is 23.4. The molecule has 0 radical (unpaired) electrons. The van der Waals surface area contributed by atoms with Crippen LogP contribution in [0.5, 0.6) is 0 Å². The third-order valence-electron chi connectivity index (χ3n) is 3.43. The smallest absolute Gasteiger partial charge is 0.251 e. The maximum absolute atomic E-state index is 11.7. The first-order valence-electron chi connectivity index (χ1n) is 7.53. The van der Waals surface area contributed by atoms with Crippen LogP contribution in [0.15, 0.2) is 24.3 Å². The first-order valence-corrected chi connectivity index (χ1v) is 7.53. The van der Waals surface area contributed by atoms with Crippen LogP contribution < -0.4 is 16.0 Å². The van der Waals surface area contributed by atoms with Crippen LogP contribution >= 0.6 is 0 Å². The zero-order valence-electron chi connectivity index (χ0n) is 12.4. The standard InChI is InChI=1S/C16H23N3O2/c1-2-18-16(21)14-5-3-4-13(8-14)10-19-15(20)11-17-9-12-6-7-12/h3-5,8,12,17H,2,6-7,9-11H2,1H3,(H,18,21)(H,19,20). The van der Waals surface area contributed by atoms with Gasteiger partial charge in [-0.25, -0.2) is 0 Å². The molecule has 0 bridgehead atoms. The highest BCUT2D eigenvalue weighted by molar-refractivity contribution is 5.94. The van der Waals surface area contributed by atoms with Crippen LogP contribution in [0.2, 0.25) is 0 Å². The van der Waals surface area contributed by atoms with Crippen LogP contribution in [-0.4, -0.2) is 31.4 Å². The lowest BCUT2D eigenvalue weighted by Gasteiger charge is -2.08. The van der Waals surface area contributed by atoms with E-state index in [1.54, 1.807) is 6.07 Å². The number of hydrogen-bond donors (Lipinski definition) is 3. The van der Waals surface area contributed by atoms with Crippen molar-refractivity contribution in [2.75, 3.05) is 19.6 Å². The average Bonchev–Trinajstić information content (AvgIpc) is 3.30. The van der Waals surface area contributed by atoms with Crippen molar-refractivity contribution >= 4 is 11.8 Å². The van der Waals surface area contributed by atoms with E-state index in [0.29, 0.717) is 25.2 Å². The van der Waals surface area contributed by atoms with Crippen LogP contribution in [0, 0.1) is 5.92 Å². The first-order chi connectivity index (χ1) is 10.2. The van der Waals surface area contributed by atoms with Gasteiger partial charge in [0.15, 0.2) is 0 Å². The van der Waals surface area contributed by atoms with E-state index in [4.69, 9.17) is 0 Å². The van der Waals surface area contributed by atoms with E-state index >= 15 is 0 Å². The predicted octanol–water partition coefficient (Wildman–Crippen LogP) is 1.05. The Bertz CT molecular complexity index is 498. The summed E-state index contributed by atoms with van der Waals surface area (Å²) in [6.45, 7) is 4.22. The van der Waals surface area contributed by atoms with Gasteiger partial charge in [-0.1, -0.05) is 12.1 Å². The summed E-state index contributed by atoms with van der Waals surface area (Å²) in [6.07, 6.45) is 2.56. The summed E-state index contributed by atoms with van der Waals surface area (Å²) in [5.74, 6) is 0.669. The number of carbonyl (C=O) groups is 2. The van der Waals surface area contributed by atoms with Gasteiger partial charge in [0.1, 0.15) is 0 Å². The Balaban J connectivity index is 1.75. The maximum atomic E-state index is 11.7. The van der Waals surface area contributed by atoms with Gasteiger partial charge in [-0.2, -0.15) is 0 Å². The van der Waals surface area contributed by atoms with Crippen molar-refractivity contribution in [1.29, 1.82) is 0 Å². The second-order valence-electron chi connectivity index (χ2n) is 5.41. The Hall–Kier alpha value is -1.88. The minimum absolute atomic E-state index is 0.0148. The Morgan fingerprint density at radius 1 is 1.24 bits per heavy atom. The topological polar surface area (TPSA) is 70.2 Å². The molecular formula is C16H23N3O2. The fourth-order valence-corrected chi connectivity index (χ4v) is 2.06. The molecule has 0 unspecified atom stereocenters. The molecule has 0 spiro atoms. The molecule has 0 aromatic heterocycles. The van der Waals surface area contributed by atoms with Crippen molar-refractivity contribution in [1.82, 2.24) is 16.0 Å². The van der Waals surface area contributed by atoms with Gasteiger partial charge >= 0.3 is 0 Å². The SMILES string of the molecule is CCNC(=O)c1cccc(CNC(=O)CNCC2CC2)c1. The number of nitrogens with one attached hydrogen (secondary N) is 3. The largest absolute Gasteiger partial charge is 0.352 e. The van der Waals surface area contributed by atoms with E-state index in [0.717, 1.165) is 18.0 Å². The van der Waals surface area contributed by atoms with E-state index in [1.165, 1.54) is 12.8 Å². The van der Waals surface area contributed by atoms with E-state index < -0.39 is 0 Å². The van der Waals surface area contributed by atoms with Crippen molar-refractivity contribution in [3.05, 3.63) is 35.4 Å². The normalized spacial score (nSPS) is 13.8. The highest BCUT2D eigenvalue weighted by atomic mass is 16.2. The van der Waals surface area contributed by atoms with Crippen LogP contribution in [0.1, 0.15) is 35.7 Å². The summed E-state index contributed by atoms with van der Waals surface area (Å²) >= 11 is 0. The fourth-order valence-electron chi connectivity index (χ4n) is 2.06. The summed E-state index contributed by atoms with van der Waals surface area (Å²) < 4.78 is 0. The van der Waals surface area contributed by atoms with Gasteiger partial charge in [0.2, 0.25) is 5.91 Å². The zero-order valence-corrected chi connectivity index (χ0v) is 12.4. The molecule has 21 heavy (non-hydrogen) atoms. The molecule has 0 aliphatic heterocycles. The second kappa shape index (κ2) is 7.78. The highest BCUT2D eigenvalue weighted by Crippen LogP contribution is 2.27. The molecule has 2 rings (SSSR count). The van der Waals surface area contributed by atoms with E-state index in [-0.39, 0.29) is 11.8 Å².